The lowest BCUT2D eigenvalue weighted by atomic mass is 9.80. The van der Waals surface area contributed by atoms with E-state index < -0.39 is 11.4 Å². The van der Waals surface area contributed by atoms with E-state index in [-0.39, 0.29) is 5.97 Å². The van der Waals surface area contributed by atoms with Gasteiger partial charge < -0.3 is 15.2 Å². The molecule has 5 heteroatoms. The zero-order valence-electron chi connectivity index (χ0n) is 14.9. The lowest BCUT2D eigenvalue weighted by molar-refractivity contribution is -0.149. The highest BCUT2D eigenvalue weighted by atomic mass is 16.5. The van der Waals surface area contributed by atoms with Crippen molar-refractivity contribution in [1.29, 1.82) is 0 Å². The molecular formula is C18H33NO4. The highest BCUT2D eigenvalue weighted by Crippen LogP contribution is 2.30. The van der Waals surface area contributed by atoms with Crippen LogP contribution in [0.4, 0.5) is 0 Å². The molecule has 2 atom stereocenters. The lowest BCUT2D eigenvalue weighted by Crippen LogP contribution is -2.45. The van der Waals surface area contributed by atoms with Gasteiger partial charge in [0.1, 0.15) is 0 Å². The quantitative estimate of drug-likeness (QED) is 0.602. The zero-order chi connectivity index (χ0) is 17.3. The van der Waals surface area contributed by atoms with E-state index in [2.05, 4.69) is 10.1 Å². The third kappa shape index (κ3) is 6.13. The number of hydrogen-bond acceptors (Lipinski definition) is 4. The number of nitrogens with one attached hydrogen (secondary N) is 1. The molecule has 1 aliphatic rings. The van der Waals surface area contributed by atoms with E-state index >= 15 is 0 Å². The van der Waals surface area contributed by atoms with E-state index in [1.165, 1.54) is 20.0 Å². The predicted molar refractivity (Wildman–Crippen MR) is 90.3 cm³/mol. The van der Waals surface area contributed by atoms with Gasteiger partial charge in [0, 0.05) is 19.0 Å². The van der Waals surface area contributed by atoms with Crippen LogP contribution in [0.25, 0.3) is 0 Å². The first-order valence-electron chi connectivity index (χ1n) is 9.01. The fourth-order valence-corrected chi connectivity index (χ4v) is 3.59. The van der Waals surface area contributed by atoms with Crippen molar-refractivity contribution < 1.29 is 19.4 Å². The summed E-state index contributed by atoms with van der Waals surface area (Å²) < 4.78 is 4.68. The molecule has 0 heterocycles. The van der Waals surface area contributed by atoms with Crippen molar-refractivity contribution in [2.24, 2.45) is 11.3 Å². The summed E-state index contributed by atoms with van der Waals surface area (Å²) in [5.74, 6) is -0.193. The normalized spacial score (nSPS) is 21.9. The highest BCUT2D eigenvalue weighted by molar-refractivity contribution is 5.74. The number of aliphatic carboxylic acids is 1. The molecule has 1 rings (SSSR count). The Morgan fingerprint density at radius 1 is 1.26 bits per heavy atom. The summed E-state index contributed by atoms with van der Waals surface area (Å²) in [5, 5.41) is 13.0. The molecule has 1 saturated carbocycles. The van der Waals surface area contributed by atoms with E-state index in [9.17, 15) is 14.7 Å². The van der Waals surface area contributed by atoms with Gasteiger partial charge in [-0.15, -0.1) is 0 Å². The van der Waals surface area contributed by atoms with Gasteiger partial charge in [0.15, 0.2) is 0 Å². The van der Waals surface area contributed by atoms with Crippen molar-refractivity contribution in [2.75, 3.05) is 13.7 Å². The Morgan fingerprint density at radius 2 is 1.96 bits per heavy atom. The maximum Gasteiger partial charge on any atom is 0.310 e. The number of carboxylic acid groups (broad SMARTS) is 1. The van der Waals surface area contributed by atoms with Gasteiger partial charge in [-0.05, 0) is 44.4 Å². The minimum absolute atomic E-state index is 0.132. The molecule has 23 heavy (non-hydrogen) atoms. The molecule has 0 spiro atoms. The minimum Gasteiger partial charge on any atom is -0.481 e. The molecule has 1 fully saturated rings. The van der Waals surface area contributed by atoms with Gasteiger partial charge >= 0.3 is 11.9 Å². The monoisotopic (exact) mass is 327 g/mol. The number of carboxylic acids is 1. The van der Waals surface area contributed by atoms with Gasteiger partial charge in [0.2, 0.25) is 0 Å². The fourth-order valence-electron chi connectivity index (χ4n) is 3.59. The second-order valence-corrected chi connectivity index (χ2v) is 6.87. The largest absolute Gasteiger partial charge is 0.481 e. The molecule has 134 valence electrons. The van der Waals surface area contributed by atoms with Crippen LogP contribution in [0.15, 0.2) is 0 Å². The van der Waals surface area contributed by atoms with Crippen LogP contribution in [0.1, 0.15) is 71.6 Å². The average Bonchev–Trinajstić information content (AvgIpc) is 2.56. The van der Waals surface area contributed by atoms with Crippen LogP contribution in [0.3, 0.4) is 0 Å². The van der Waals surface area contributed by atoms with Crippen LogP contribution in [-0.2, 0) is 14.3 Å². The Bertz CT molecular complexity index is 379. The summed E-state index contributed by atoms with van der Waals surface area (Å²) >= 11 is 0. The SMILES string of the molecule is CCC(CC)(CNC1CCCC(CCCC(=O)OC)C1)C(=O)O. The van der Waals surface area contributed by atoms with Gasteiger partial charge in [0.25, 0.3) is 0 Å². The van der Waals surface area contributed by atoms with Gasteiger partial charge in [-0.25, -0.2) is 0 Å². The molecule has 5 nitrogen and oxygen atoms in total. The number of esters is 1. The highest BCUT2D eigenvalue weighted by Gasteiger charge is 2.35. The molecule has 0 aromatic carbocycles. The van der Waals surface area contributed by atoms with Crippen molar-refractivity contribution in [3.63, 3.8) is 0 Å². The van der Waals surface area contributed by atoms with E-state index in [0.29, 0.717) is 37.8 Å². The number of methoxy groups -OCH3 is 1. The number of carbonyl (C=O) groups excluding carboxylic acids is 1. The third-order valence-corrected chi connectivity index (χ3v) is 5.54. The average molecular weight is 327 g/mol. The molecule has 0 aliphatic heterocycles. The van der Waals surface area contributed by atoms with E-state index in [0.717, 1.165) is 25.7 Å². The predicted octanol–water partition coefficient (Wildman–Crippen LogP) is 3.37. The Balaban J connectivity index is 2.40. The lowest BCUT2D eigenvalue weighted by Gasteiger charge is -2.34. The third-order valence-electron chi connectivity index (χ3n) is 5.54. The minimum atomic E-state index is -0.694. The van der Waals surface area contributed by atoms with Crippen molar-refractivity contribution in [3.05, 3.63) is 0 Å². The van der Waals surface area contributed by atoms with Crippen LogP contribution >= 0.6 is 0 Å². The summed E-state index contributed by atoms with van der Waals surface area (Å²) in [7, 11) is 1.43. The fraction of sp³-hybridized carbons (Fsp3) is 0.889. The topological polar surface area (TPSA) is 75.6 Å². The van der Waals surface area contributed by atoms with E-state index in [4.69, 9.17) is 0 Å². The Morgan fingerprint density at radius 3 is 2.52 bits per heavy atom. The smallest absolute Gasteiger partial charge is 0.310 e. The van der Waals surface area contributed by atoms with Gasteiger partial charge in [0.05, 0.1) is 12.5 Å². The summed E-state index contributed by atoms with van der Waals surface area (Å²) in [5.41, 5.74) is -0.641. The standard InChI is InChI=1S/C18H33NO4/c1-4-18(5-2,17(21)22)13-19-15-10-6-8-14(12-15)9-7-11-16(20)23-3/h14-15,19H,4-13H2,1-3H3,(H,21,22). The van der Waals surface area contributed by atoms with Gasteiger partial charge in [-0.3, -0.25) is 9.59 Å². The number of ether oxygens (including phenoxy) is 1. The molecule has 2 unspecified atom stereocenters. The Kier molecular flexibility index (Phi) is 8.59. The van der Waals surface area contributed by atoms with Gasteiger partial charge in [-0.2, -0.15) is 0 Å². The van der Waals surface area contributed by atoms with E-state index in [1.807, 2.05) is 13.8 Å². The first kappa shape index (κ1) is 19.9. The van der Waals surface area contributed by atoms with Crippen LogP contribution in [-0.4, -0.2) is 36.7 Å². The summed E-state index contributed by atoms with van der Waals surface area (Å²) in [6, 6.07) is 0.406. The van der Waals surface area contributed by atoms with Crippen molar-refractivity contribution in [1.82, 2.24) is 5.32 Å². The van der Waals surface area contributed by atoms with Crippen molar-refractivity contribution in [2.45, 2.75) is 77.7 Å². The molecule has 0 saturated heterocycles. The van der Waals surface area contributed by atoms with Crippen molar-refractivity contribution in [3.8, 4) is 0 Å². The Hall–Kier alpha value is -1.10. The first-order chi connectivity index (χ1) is 11.0. The maximum absolute atomic E-state index is 11.6. The molecule has 0 radical (unpaired) electrons. The first-order valence-corrected chi connectivity index (χ1v) is 9.01. The zero-order valence-corrected chi connectivity index (χ0v) is 14.9. The van der Waals surface area contributed by atoms with Crippen molar-refractivity contribution >= 4 is 11.9 Å². The molecule has 0 aromatic heterocycles. The Labute approximate surface area is 140 Å². The molecular weight excluding hydrogens is 294 g/mol. The molecule has 1 aliphatic carbocycles. The number of rotatable bonds is 10. The summed E-state index contributed by atoms with van der Waals surface area (Å²) in [4.78, 5) is 22.7. The molecule has 0 amide bonds. The second kappa shape index (κ2) is 9.91. The summed E-state index contributed by atoms with van der Waals surface area (Å²) in [6.07, 6.45) is 8.35. The van der Waals surface area contributed by atoms with Crippen LogP contribution < -0.4 is 5.32 Å². The van der Waals surface area contributed by atoms with E-state index in [1.54, 1.807) is 0 Å². The maximum atomic E-state index is 11.6. The van der Waals surface area contributed by atoms with Crippen LogP contribution in [0.2, 0.25) is 0 Å². The number of hydrogen-bond donors (Lipinski definition) is 2. The molecule has 0 bridgehead atoms. The molecule has 2 N–H and O–H groups in total. The summed E-state index contributed by atoms with van der Waals surface area (Å²) in [6.45, 7) is 4.46. The van der Waals surface area contributed by atoms with Gasteiger partial charge in [-0.1, -0.05) is 26.7 Å². The second-order valence-electron chi connectivity index (χ2n) is 6.87. The number of carbonyl (C=O) groups is 2. The van der Waals surface area contributed by atoms with Crippen LogP contribution in [0, 0.1) is 11.3 Å². The van der Waals surface area contributed by atoms with Crippen LogP contribution in [0.5, 0.6) is 0 Å². The molecule has 0 aromatic rings.